The van der Waals surface area contributed by atoms with Gasteiger partial charge < -0.3 is 0 Å². The van der Waals surface area contributed by atoms with Gasteiger partial charge in [-0.3, -0.25) is 0 Å². The third kappa shape index (κ3) is 2.58. The van der Waals surface area contributed by atoms with Gasteiger partial charge in [-0.15, -0.1) is 0 Å². The van der Waals surface area contributed by atoms with Crippen LogP contribution in [-0.4, -0.2) is 0 Å². The average Bonchev–Trinajstić information content (AvgIpc) is 2.20. The SMILES string of the molecule is Cc1cccc(C(C)C(C)C(C)C)[n+]1C. The van der Waals surface area contributed by atoms with Crippen LogP contribution in [0.2, 0.25) is 0 Å². The summed E-state index contributed by atoms with van der Waals surface area (Å²) in [6.45, 7) is 11.4. The van der Waals surface area contributed by atoms with E-state index in [2.05, 4.69) is 64.4 Å². The lowest BCUT2D eigenvalue weighted by atomic mass is 9.84. The van der Waals surface area contributed by atoms with E-state index in [4.69, 9.17) is 0 Å². The monoisotopic (exact) mass is 206 g/mol. The quantitative estimate of drug-likeness (QED) is 0.669. The molecule has 0 bridgehead atoms. The summed E-state index contributed by atoms with van der Waals surface area (Å²) in [5.41, 5.74) is 2.77. The first-order valence-electron chi connectivity index (χ1n) is 5.90. The van der Waals surface area contributed by atoms with Crippen LogP contribution in [0.3, 0.4) is 0 Å². The van der Waals surface area contributed by atoms with Crippen molar-refractivity contribution in [1.29, 1.82) is 0 Å². The summed E-state index contributed by atoms with van der Waals surface area (Å²) in [6.07, 6.45) is 0. The number of aryl methyl sites for hydroxylation is 1. The van der Waals surface area contributed by atoms with Gasteiger partial charge in [0.1, 0.15) is 7.05 Å². The third-order valence-electron chi connectivity index (χ3n) is 3.83. The van der Waals surface area contributed by atoms with Crippen LogP contribution in [0.25, 0.3) is 0 Å². The van der Waals surface area contributed by atoms with Crippen molar-refractivity contribution in [3.05, 3.63) is 29.6 Å². The summed E-state index contributed by atoms with van der Waals surface area (Å²) in [5, 5.41) is 0. The Bertz CT molecular complexity index is 328. The predicted octanol–water partition coefficient (Wildman–Crippen LogP) is 3.22. The maximum absolute atomic E-state index is 2.34. The van der Waals surface area contributed by atoms with E-state index in [0.717, 1.165) is 11.8 Å². The summed E-state index contributed by atoms with van der Waals surface area (Å²) in [5.74, 6) is 2.08. The van der Waals surface area contributed by atoms with Crippen molar-refractivity contribution in [2.45, 2.75) is 40.5 Å². The molecule has 0 fully saturated rings. The fourth-order valence-electron chi connectivity index (χ4n) is 2.02. The highest BCUT2D eigenvalue weighted by Gasteiger charge is 2.24. The van der Waals surface area contributed by atoms with Crippen LogP contribution in [0.4, 0.5) is 0 Å². The predicted molar refractivity (Wildman–Crippen MR) is 64.8 cm³/mol. The first-order valence-corrected chi connectivity index (χ1v) is 5.90. The molecule has 0 amide bonds. The van der Waals surface area contributed by atoms with Gasteiger partial charge in [0.15, 0.2) is 11.4 Å². The number of hydrogen-bond donors (Lipinski definition) is 0. The van der Waals surface area contributed by atoms with Crippen molar-refractivity contribution in [3.8, 4) is 0 Å². The Morgan fingerprint density at radius 2 is 1.67 bits per heavy atom. The van der Waals surface area contributed by atoms with Gasteiger partial charge in [0.2, 0.25) is 0 Å². The minimum atomic E-state index is 0.620. The van der Waals surface area contributed by atoms with Crippen LogP contribution >= 0.6 is 0 Å². The number of rotatable bonds is 3. The van der Waals surface area contributed by atoms with Gasteiger partial charge >= 0.3 is 0 Å². The van der Waals surface area contributed by atoms with Crippen molar-refractivity contribution in [2.75, 3.05) is 0 Å². The lowest BCUT2D eigenvalue weighted by molar-refractivity contribution is -0.686. The fraction of sp³-hybridized carbons (Fsp3) is 0.643. The first kappa shape index (κ1) is 12.2. The third-order valence-corrected chi connectivity index (χ3v) is 3.83. The fourth-order valence-corrected chi connectivity index (χ4v) is 2.02. The zero-order valence-electron chi connectivity index (χ0n) is 10.9. The standard InChI is InChI=1S/C14H24N/c1-10(2)12(4)13(5)14-9-7-8-11(3)15(14)6/h7-10,12-13H,1-6H3/q+1. The van der Waals surface area contributed by atoms with Gasteiger partial charge in [-0.1, -0.05) is 27.7 Å². The minimum Gasteiger partial charge on any atom is -0.202 e. The second-order valence-corrected chi connectivity index (χ2v) is 5.04. The molecule has 1 aromatic rings. The molecule has 1 nitrogen and oxygen atoms in total. The van der Waals surface area contributed by atoms with E-state index in [9.17, 15) is 0 Å². The van der Waals surface area contributed by atoms with Crippen molar-refractivity contribution in [2.24, 2.45) is 18.9 Å². The zero-order valence-corrected chi connectivity index (χ0v) is 10.9. The van der Waals surface area contributed by atoms with Crippen molar-refractivity contribution in [1.82, 2.24) is 0 Å². The highest BCUT2D eigenvalue weighted by Crippen LogP contribution is 2.27. The Hall–Kier alpha value is -0.850. The molecular formula is C14H24N+. The van der Waals surface area contributed by atoms with E-state index >= 15 is 0 Å². The molecule has 0 saturated heterocycles. The van der Waals surface area contributed by atoms with Crippen LogP contribution in [-0.2, 0) is 7.05 Å². The number of aromatic nitrogens is 1. The molecule has 0 saturated carbocycles. The van der Waals surface area contributed by atoms with Crippen LogP contribution < -0.4 is 4.57 Å². The van der Waals surface area contributed by atoms with Gasteiger partial charge in [0.05, 0.1) is 0 Å². The van der Waals surface area contributed by atoms with Crippen molar-refractivity contribution >= 4 is 0 Å². The number of nitrogens with zero attached hydrogens (tertiary/aromatic N) is 1. The maximum Gasteiger partial charge on any atom is 0.184 e. The Kier molecular flexibility index (Phi) is 3.90. The topological polar surface area (TPSA) is 3.88 Å². The molecular weight excluding hydrogens is 182 g/mol. The highest BCUT2D eigenvalue weighted by molar-refractivity contribution is 5.07. The van der Waals surface area contributed by atoms with Crippen LogP contribution in [0.15, 0.2) is 18.2 Å². The second-order valence-electron chi connectivity index (χ2n) is 5.04. The number of hydrogen-bond acceptors (Lipinski definition) is 0. The van der Waals surface area contributed by atoms with Gasteiger partial charge in [0, 0.05) is 25.0 Å². The first-order chi connectivity index (χ1) is 6.95. The number of pyridine rings is 1. The molecule has 15 heavy (non-hydrogen) atoms. The summed E-state index contributed by atoms with van der Waals surface area (Å²) >= 11 is 0. The molecule has 84 valence electrons. The minimum absolute atomic E-state index is 0.620. The summed E-state index contributed by atoms with van der Waals surface area (Å²) in [6, 6.07) is 6.57. The molecule has 1 aromatic heterocycles. The van der Waals surface area contributed by atoms with Gasteiger partial charge in [-0.05, 0) is 17.9 Å². The zero-order chi connectivity index (χ0) is 11.6. The van der Waals surface area contributed by atoms with E-state index < -0.39 is 0 Å². The van der Waals surface area contributed by atoms with E-state index in [0.29, 0.717) is 5.92 Å². The molecule has 0 aliphatic heterocycles. The molecule has 2 atom stereocenters. The Morgan fingerprint density at radius 3 is 2.20 bits per heavy atom. The summed E-state index contributed by atoms with van der Waals surface area (Å²) in [4.78, 5) is 0. The Morgan fingerprint density at radius 1 is 1.07 bits per heavy atom. The molecule has 1 heterocycles. The summed E-state index contributed by atoms with van der Waals surface area (Å²) < 4.78 is 2.31. The van der Waals surface area contributed by atoms with Crippen molar-refractivity contribution < 1.29 is 4.57 Å². The molecule has 0 aliphatic carbocycles. The lowest BCUT2D eigenvalue weighted by Crippen LogP contribution is -2.39. The van der Waals surface area contributed by atoms with E-state index in [1.54, 1.807) is 0 Å². The molecule has 0 aliphatic rings. The molecule has 0 spiro atoms. The van der Waals surface area contributed by atoms with E-state index in [1.807, 2.05) is 0 Å². The van der Waals surface area contributed by atoms with Gasteiger partial charge in [-0.25, -0.2) is 4.57 Å². The largest absolute Gasteiger partial charge is 0.202 e. The van der Waals surface area contributed by atoms with Gasteiger partial charge in [-0.2, -0.15) is 0 Å². The lowest BCUT2D eigenvalue weighted by Gasteiger charge is -2.21. The molecule has 0 N–H and O–H groups in total. The smallest absolute Gasteiger partial charge is 0.184 e. The van der Waals surface area contributed by atoms with E-state index in [1.165, 1.54) is 11.4 Å². The van der Waals surface area contributed by atoms with Gasteiger partial charge in [0.25, 0.3) is 0 Å². The molecule has 0 aromatic carbocycles. The summed E-state index contributed by atoms with van der Waals surface area (Å²) in [7, 11) is 2.16. The Balaban J connectivity index is 3.01. The van der Waals surface area contributed by atoms with Crippen LogP contribution in [0.5, 0.6) is 0 Å². The molecule has 1 rings (SSSR count). The highest BCUT2D eigenvalue weighted by atomic mass is 14.9. The molecule has 1 heteroatoms. The van der Waals surface area contributed by atoms with Crippen LogP contribution in [0, 0.1) is 18.8 Å². The maximum atomic E-state index is 2.34. The molecule has 2 unspecified atom stereocenters. The average molecular weight is 206 g/mol. The molecule has 0 radical (unpaired) electrons. The van der Waals surface area contributed by atoms with E-state index in [-0.39, 0.29) is 0 Å². The van der Waals surface area contributed by atoms with Crippen LogP contribution in [0.1, 0.15) is 45.0 Å². The second kappa shape index (κ2) is 4.78. The Labute approximate surface area is 94.1 Å². The van der Waals surface area contributed by atoms with Crippen molar-refractivity contribution in [3.63, 3.8) is 0 Å². The normalized spacial score (nSPS) is 15.4.